The van der Waals surface area contributed by atoms with E-state index in [-0.39, 0.29) is 0 Å². The highest BCUT2D eigenvalue weighted by molar-refractivity contribution is 7.11. The summed E-state index contributed by atoms with van der Waals surface area (Å²) in [5, 5.41) is 12.9. The number of pyridine rings is 1. The maximum atomic E-state index is 8.74. The van der Waals surface area contributed by atoms with Crippen molar-refractivity contribution in [2.24, 2.45) is 0 Å². The first-order valence-electron chi connectivity index (χ1n) is 4.79. The highest BCUT2D eigenvalue weighted by Gasteiger charge is 1.99. The van der Waals surface area contributed by atoms with Crippen molar-refractivity contribution in [3.8, 4) is 6.07 Å². The molecule has 80 valence electrons. The summed E-state index contributed by atoms with van der Waals surface area (Å²) >= 11 is 1.65. The minimum atomic E-state index is 0.609. The smallest absolute Gasteiger partial charge is 0.127 e. The van der Waals surface area contributed by atoms with Gasteiger partial charge in [-0.2, -0.15) is 5.26 Å². The van der Waals surface area contributed by atoms with Gasteiger partial charge in [-0.1, -0.05) is 0 Å². The Morgan fingerprint density at radius 1 is 1.50 bits per heavy atom. The van der Waals surface area contributed by atoms with Gasteiger partial charge in [0.1, 0.15) is 5.82 Å². The Morgan fingerprint density at radius 2 is 2.38 bits per heavy atom. The van der Waals surface area contributed by atoms with Crippen LogP contribution in [0.2, 0.25) is 0 Å². The SMILES string of the molecule is Cc1ncc(CNc2cc(C#N)ccn2)s1. The molecule has 0 fully saturated rings. The largest absolute Gasteiger partial charge is 0.365 e. The summed E-state index contributed by atoms with van der Waals surface area (Å²) in [4.78, 5) is 9.45. The first kappa shape index (κ1) is 10.6. The van der Waals surface area contributed by atoms with E-state index in [4.69, 9.17) is 5.26 Å². The van der Waals surface area contributed by atoms with Gasteiger partial charge in [0.2, 0.25) is 0 Å². The van der Waals surface area contributed by atoms with Crippen molar-refractivity contribution < 1.29 is 0 Å². The normalized spacial score (nSPS) is 9.75. The summed E-state index contributed by atoms with van der Waals surface area (Å²) in [6.07, 6.45) is 3.47. The zero-order chi connectivity index (χ0) is 11.4. The molecule has 0 radical (unpaired) electrons. The van der Waals surface area contributed by atoms with Gasteiger partial charge in [0.25, 0.3) is 0 Å². The summed E-state index contributed by atoms with van der Waals surface area (Å²) in [7, 11) is 0. The molecule has 5 heteroatoms. The number of anilines is 1. The Bertz CT molecular complexity index is 527. The molecular formula is C11H10N4S. The summed E-state index contributed by atoms with van der Waals surface area (Å²) < 4.78 is 0. The fourth-order valence-electron chi connectivity index (χ4n) is 1.26. The van der Waals surface area contributed by atoms with Crippen LogP contribution in [-0.2, 0) is 6.54 Å². The van der Waals surface area contributed by atoms with E-state index in [0.717, 1.165) is 9.88 Å². The van der Waals surface area contributed by atoms with E-state index in [2.05, 4.69) is 21.4 Å². The molecule has 0 bridgehead atoms. The average Bonchev–Trinajstić information content (AvgIpc) is 2.73. The van der Waals surface area contributed by atoms with Gasteiger partial charge in [-0.3, -0.25) is 0 Å². The standard InChI is InChI=1S/C11H10N4S/c1-8-14-6-10(16-8)7-15-11-4-9(5-12)2-3-13-11/h2-4,6H,7H2,1H3,(H,13,15). The van der Waals surface area contributed by atoms with E-state index in [0.29, 0.717) is 17.9 Å². The van der Waals surface area contributed by atoms with Crippen LogP contribution in [0, 0.1) is 18.3 Å². The molecule has 4 nitrogen and oxygen atoms in total. The van der Waals surface area contributed by atoms with Crippen molar-refractivity contribution in [1.82, 2.24) is 9.97 Å². The molecule has 0 aliphatic rings. The van der Waals surface area contributed by atoms with Crippen LogP contribution in [-0.4, -0.2) is 9.97 Å². The lowest BCUT2D eigenvalue weighted by atomic mass is 10.3. The number of nitriles is 1. The number of thiazole rings is 1. The van der Waals surface area contributed by atoms with Crippen LogP contribution in [0.5, 0.6) is 0 Å². The Hall–Kier alpha value is -1.93. The van der Waals surface area contributed by atoms with Crippen LogP contribution >= 0.6 is 11.3 Å². The van der Waals surface area contributed by atoms with E-state index < -0.39 is 0 Å². The molecular weight excluding hydrogens is 220 g/mol. The van der Waals surface area contributed by atoms with Gasteiger partial charge in [-0.15, -0.1) is 11.3 Å². The van der Waals surface area contributed by atoms with E-state index in [1.54, 1.807) is 29.7 Å². The molecule has 0 aliphatic heterocycles. The Balaban J connectivity index is 2.02. The number of aromatic nitrogens is 2. The van der Waals surface area contributed by atoms with Crippen LogP contribution in [0.4, 0.5) is 5.82 Å². The van der Waals surface area contributed by atoms with E-state index in [9.17, 15) is 0 Å². The average molecular weight is 230 g/mol. The molecule has 2 heterocycles. The van der Waals surface area contributed by atoms with Crippen LogP contribution in [0.3, 0.4) is 0 Å². The summed E-state index contributed by atoms with van der Waals surface area (Å²) in [6.45, 7) is 2.66. The molecule has 0 amide bonds. The Morgan fingerprint density at radius 3 is 3.06 bits per heavy atom. The molecule has 2 aromatic rings. The van der Waals surface area contributed by atoms with Crippen molar-refractivity contribution in [3.05, 3.63) is 40.0 Å². The summed E-state index contributed by atoms with van der Waals surface area (Å²) in [5.41, 5.74) is 0.609. The Kier molecular flexibility index (Phi) is 3.13. The monoisotopic (exact) mass is 230 g/mol. The Labute approximate surface area is 97.6 Å². The van der Waals surface area contributed by atoms with Gasteiger partial charge >= 0.3 is 0 Å². The molecule has 0 saturated carbocycles. The van der Waals surface area contributed by atoms with E-state index in [1.165, 1.54) is 0 Å². The predicted molar refractivity (Wildman–Crippen MR) is 63.1 cm³/mol. The first-order chi connectivity index (χ1) is 7.78. The van der Waals surface area contributed by atoms with Crippen molar-refractivity contribution in [2.45, 2.75) is 13.5 Å². The lowest BCUT2D eigenvalue weighted by molar-refractivity contribution is 1.13. The molecule has 2 rings (SSSR count). The van der Waals surface area contributed by atoms with E-state index >= 15 is 0 Å². The van der Waals surface area contributed by atoms with E-state index in [1.807, 2.05) is 13.1 Å². The molecule has 0 aliphatic carbocycles. The highest BCUT2D eigenvalue weighted by Crippen LogP contribution is 2.13. The maximum absolute atomic E-state index is 8.74. The first-order valence-corrected chi connectivity index (χ1v) is 5.61. The number of aryl methyl sites for hydroxylation is 1. The highest BCUT2D eigenvalue weighted by atomic mass is 32.1. The third-order valence-electron chi connectivity index (χ3n) is 2.00. The van der Waals surface area contributed by atoms with Crippen molar-refractivity contribution in [2.75, 3.05) is 5.32 Å². The topological polar surface area (TPSA) is 61.6 Å². The maximum Gasteiger partial charge on any atom is 0.127 e. The van der Waals surface area contributed by atoms with Crippen LogP contribution in [0.25, 0.3) is 0 Å². The summed E-state index contributed by atoms with van der Waals surface area (Å²) in [6, 6.07) is 5.49. The van der Waals surface area contributed by atoms with Crippen LogP contribution < -0.4 is 5.32 Å². The number of rotatable bonds is 3. The number of nitrogens with zero attached hydrogens (tertiary/aromatic N) is 3. The molecule has 0 aromatic carbocycles. The second kappa shape index (κ2) is 4.73. The quantitative estimate of drug-likeness (QED) is 0.879. The van der Waals surface area contributed by atoms with Crippen molar-refractivity contribution in [1.29, 1.82) is 5.26 Å². The zero-order valence-corrected chi connectivity index (χ0v) is 9.58. The molecule has 0 unspecified atom stereocenters. The second-order valence-electron chi connectivity index (χ2n) is 3.24. The van der Waals surface area contributed by atoms with Gasteiger partial charge in [0.15, 0.2) is 0 Å². The van der Waals surface area contributed by atoms with Crippen LogP contribution in [0.15, 0.2) is 24.5 Å². The predicted octanol–water partition coefficient (Wildman–Crippen LogP) is 2.33. The third-order valence-corrected chi connectivity index (χ3v) is 2.91. The lowest BCUT2D eigenvalue weighted by Gasteiger charge is -2.02. The summed E-state index contributed by atoms with van der Waals surface area (Å²) in [5.74, 6) is 0.713. The van der Waals surface area contributed by atoms with Crippen molar-refractivity contribution in [3.63, 3.8) is 0 Å². The molecule has 0 saturated heterocycles. The molecule has 0 spiro atoms. The van der Waals surface area contributed by atoms with Gasteiger partial charge in [0.05, 0.1) is 23.2 Å². The van der Waals surface area contributed by atoms with Crippen LogP contribution in [0.1, 0.15) is 15.4 Å². The molecule has 16 heavy (non-hydrogen) atoms. The second-order valence-corrected chi connectivity index (χ2v) is 4.56. The third kappa shape index (κ3) is 2.55. The lowest BCUT2D eigenvalue weighted by Crippen LogP contribution is -1.99. The number of nitrogens with one attached hydrogen (secondary N) is 1. The fraction of sp³-hybridized carbons (Fsp3) is 0.182. The molecule has 2 aromatic heterocycles. The molecule has 1 N–H and O–H groups in total. The van der Waals surface area contributed by atoms with Gasteiger partial charge < -0.3 is 5.32 Å². The minimum absolute atomic E-state index is 0.609. The van der Waals surface area contributed by atoms with Gasteiger partial charge in [0, 0.05) is 17.3 Å². The van der Waals surface area contributed by atoms with Gasteiger partial charge in [-0.25, -0.2) is 9.97 Å². The van der Waals surface area contributed by atoms with Crippen molar-refractivity contribution >= 4 is 17.2 Å². The molecule has 0 atom stereocenters. The fourth-order valence-corrected chi connectivity index (χ4v) is 2.00. The number of hydrogen-bond donors (Lipinski definition) is 1. The minimum Gasteiger partial charge on any atom is -0.365 e. The number of hydrogen-bond acceptors (Lipinski definition) is 5. The zero-order valence-electron chi connectivity index (χ0n) is 8.77. The van der Waals surface area contributed by atoms with Gasteiger partial charge in [-0.05, 0) is 19.1 Å².